The van der Waals surface area contributed by atoms with E-state index in [-0.39, 0.29) is 23.7 Å². The number of carbonyl (C=O) groups is 1. The van der Waals surface area contributed by atoms with E-state index in [2.05, 4.69) is 32.9 Å². The van der Waals surface area contributed by atoms with Gasteiger partial charge in [0.15, 0.2) is 0 Å². The summed E-state index contributed by atoms with van der Waals surface area (Å²) in [5.74, 6) is 1.06. The predicted octanol–water partition coefficient (Wildman–Crippen LogP) is 3.27. The van der Waals surface area contributed by atoms with Gasteiger partial charge in [0, 0.05) is 19.5 Å². The number of benzene rings is 1. The zero-order valence-electron chi connectivity index (χ0n) is 14.8. The zero-order valence-corrected chi connectivity index (χ0v) is 15.6. The molecule has 0 saturated heterocycles. The molecule has 23 heavy (non-hydrogen) atoms. The molecule has 0 aliphatic rings. The predicted molar refractivity (Wildman–Crippen MR) is 98.3 cm³/mol. The molecule has 0 atom stereocenters. The molecule has 0 saturated carbocycles. The first-order chi connectivity index (χ1) is 10.4. The van der Waals surface area contributed by atoms with Crippen LogP contribution in [0.2, 0.25) is 0 Å². The fourth-order valence-corrected chi connectivity index (χ4v) is 2.33. The monoisotopic (exact) mass is 342 g/mol. The Morgan fingerprint density at radius 2 is 1.83 bits per heavy atom. The third-order valence-electron chi connectivity index (χ3n) is 3.44. The SMILES string of the molecule is COc1ccc(CCN(CC(C)(C)C)C(=O)CCCN)cc1.Cl. The van der Waals surface area contributed by atoms with Gasteiger partial charge in [-0.05, 0) is 42.5 Å². The molecule has 0 aromatic heterocycles. The molecule has 1 rings (SSSR count). The second-order valence-corrected chi connectivity index (χ2v) is 6.87. The lowest BCUT2D eigenvalue weighted by Crippen LogP contribution is -2.39. The molecule has 0 bridgehead atoms. The molecule has 0 aliphatic heterocycles. The van der Waals surface area contributed by atoms with Crippen LogP contribution in [0.3, 0.4) is 0 Å². The lowest BCUT2D eigenvalue weighted by molar-refractivity contribution is -0.132. The second-order valence-electron chi connectivity index (χ2n) is 6.87. The Morgan fingerprint density at radius 1 is 1.22 bits per heavy atom. The van der Waals surface area contributed by atoms with Crippen molar-refractivity contribution in [3.63, 3.8) is 0 Å². The standard InChI is InChI=1S/C18H30N2O2.ClH/c1-18(2,3)14-20(17(21)6-5-12-19)13-11-15-7-9-16(22-4)10-8-15;/h7-10H,5-6,11-14,19H2,1-4H3;1H. The molecule has 4 nitrogen and oxygen atoms in total. The van der Waals surface area contributed by atoms with E-state index in [0.29, 0.717) is 13.0 Å². The van der Waals surface area contributed by atoms with Crippen molar-refractivity contribution in [1.29, 1.82) is 0 Å². The van der Waals surface area contributed by atoms with Gasteiger partial charge >= 0.3 is 0 Å². The van der Waals surface area contributed by atoms with E-state index in [0.717, 1.165) is 31.7 Å². The number of nitrogens with zero attached hydrogens (tertiary/aromatic N) is 1. The van der Waals surface area contributed by atoms with Crippen LogP contribution in [0.4, 0.5) is 0 Å². The molecule has 1 aromatic carbocycles. The molecule has 1 aromatic rings. The van der Waals surface area contributed by atoms with Crippen molar-refractivity contribution in [3.05, 3.63) is 29.8 Å². The highest BCUT2D eigenvalue weighted by atomic mass is 35.5. The Balaban J connectivity index is 0.00000484. The smallest absolute Gasteiger partial charge is 0.222 e. The van der Waals surface area contributed by atoms with Gasteiger partial charge in [0.1, 0.15) is 5.75 Å². The molecule has 0 unspecified atom stereocenters. The van der Waals surface area contributed by atoms with Crippen molar-refractivity contribution in [2.24, 2.45) is 11.1 Å². The summed E-state index contributed by atoms with van der Waals surface area (Å²) >= 11 is 0. The Labute approximate surface area is 146 Å². The van der Waals surface area contributed by atoms with E-state index >= 15 is 0 Å². The third-order valence-corrected chi connectivity index (χ3v) is 3.44. The number of rotatable bonds is 8. The number of amides is 1. The van der Waals surface area contributed by atoms with Gasteiger partial charge in [-0.1, -0.05) is 32.9 Å². The minimum Gasteiger partial charge on any atom is -0.497 e. The number of methoxy groups -OCH3 is 1. The van der Waals surface area contributed by atoms with Crippen LogP contribution >= 0.6 is 12.4 Å². The van der Waals surface area contributed by atoms with E-state index in [1.807, 2.05) is 17.0 Å². The maximum absolute atomic E-state index is 12.4. The average Bonchev–Trinajstić information content (AvgIpc) is 2.48. The molecule has 2 N–H and O–H groups in total. The number of hydrogen-bond donors (Lipinski definition) is 1. The highest BCUT2D eigenvalue weighted by Crippen LogP contribution is 2.17. The quantitative estimate of drug-likeness (QED) is 0.788. The summed E-state index contributed by atoms with van der Waals surface area (Å²) in [5.41, 5.74) is 6.82. The number of nitrogens with two attached hydrogens (primary N) is 1. The molecular formula is C18H31ClN2O2. The van der Waals surface area contributed by atoms with Crippen molar-refractivity contribution in [3.8, 4) is 5.75 Å². The first-order valence-electron chi connectivity index (χ1n) is 7.96. The van der Waals surface area contributed by atoms with Crippen LogP contribution in [0, 0.1) is 5.41 Å². The van der Waals surface area contributed by atoms with Gasteiger partial charge in [-0.3, -0.25) is 4.79 Å². The van der Waals surface area contributed by atoms with Gasteiger partial charge < -0.3 is 15.4 Å². The van der Waals surface area contributed by atoms with E-state index in [9.17, 15) is 4.79 Å². The number of carbonyl (C=O) groups excluding carboxylic acids is 1. The van der Waals surface area contributed by atoms with Crippen molar-refractivity contribution in [2.45, 2.75) is 40.0 Å². The van der Waals surface area contributed by atoms with Crippen LogP contribution in [0.1, 0.15) is 39.2 Å². The minimum atomic E-state index is 0. The number of halogens is 1. The Bertz CT molecular complexity index is 455. The first kappa shape index (κ1) is 21.7. The average molecular weight is 343 g/mol. The van der Waals surface area contributed by atoms with Crippen LogP contribution in [0.15, 0.2) is 24.3 Å². The molecular weight excluding hydrogens is 312 g/mol. The first-order valence-corrected chi connectivity index (χ1v) is 7.96. The minimum absolute atomic E-state index is 0. The van der Waals surface area contributed by atoms with Crippen LogP contribution in [-0.2, 0) is 11.2 Å². The van der Waals surface area contributed by atoms with E-state index in [1.54, 1.807) is 7.11 Å². The number of ether oxygens (including phenoxy) is 1. The third kappa shape index (κ3) is 8.82. The Kier molecular flexibility index (Phi) is 9.93. The Hall–Kier alpha value is -1.26. The lowest BCUT2D eigenvalue weighted by Gasteiger charge is -2.30. The molecule has 0 spiro atoms. The summed E-state index contributed by atoms with van der Waals surface area (Å²) < 4.78 is 5.17. The normalized spacial score (nSPS) is 10.8. The van der Waals surface area contributed by atoms with Gasteiger partial charge in [0.05, 0.1) is 7.11 Å². The summed E-state index contributed by atoms with van der Waals surface area (Å²) in [6.45, 7) is 8.55. The summed E-state index contributed by atoms with van der Waals surface area (Å²) in [5, 5.41) is 0. The van der Waals surface area contributed by atoms with Gasteiger partial charge in [-0.2, -0.15) is 0 Å². The topological polar surface area (TPSA) is 55.6 Å². The van der Waals surface area contributed by atoms with E-state index in [1.165, 1.54) is 5.56 Å². The van der Waals surface area contributed by atoms with Crippen LogP contribution < -0.4 is 10.5 Å². The molecule has 0 heterocycles. The molecule has 132 valence electrons. The van der Waals surface area contributed by atoms with Crippen molar-refractivity contribution in [1.82, 2.24) is 4.90 Å². The fourth-order valence-electron chi connectivity index (χ4n) is 2.33. The molecule has 5 heteroatoms. The largest absolute Gasteiger partial charge is 0.497 e. The summed E-state index contributed by atoms with van der Waals surface area (Å²) in [4.78, 5) is 14.3. The maximum Gasteiger partial charge on any atom is 0.222 e. The van der Waals surface area contributed by atoms with Crippen LogP contribution in [0.25, 0.3) is 0 Å². The summed E-state index contributed by atoms with van der Waals surface area (Å²) in [7, 11) is 1.66. The van der Waals surface area contributed by atoms with Crippen molar-refractivity contribution < 1.29 is 9.53 Å². The van der Waals surface area contributed by atoms with Gasteiger partial charge in [-0.15, -0.1) is 12.4 Å². The summed E-state index contributed by atoms with van der Waals surface area (Å²) in [6.07, 6.45) is 2.14. The molecule has 1 amide bonds. The number of hydrogen-bond acceptors (Lipinski definition) is 3. The molecule has 0 fully saturated rings. The van der Waals surface area contributed by atoms with Gasteiger partial charge in [-0.25, -0.2) is 0 Å². The maximum atomic E-state index is 12.4. The van der Waals surface area contributed by atoms with E-state index in [4.69, 9.17) is 10.5 Å². The molecule has 0 aliphatic carbocycles. The highest BCUT2D eigenvalue weighted by molar-refractivity contribution is 5.85. The van der Waals surface area contributed by atoms with Gasteiger partial charge in [0.25, 0.3) is 0 Å². The van der Waals surface area contributed by atoms with Crippen LogP contribution in [0.5, 0.6) is 5.75 Å². The van der Waals surface area contributed by atoms with Crippen LogP contribution in [-0.4, -0.2) is 37.6 Å². The summed E-state index contributed by atoms with van der Waals surface area (Å²) in [6, 6.07) is 8.02. The highest BCUT2D eigenvalue weighted by Gasteiger charge is 2.20. The van der Waals surface area contributed by atoms with Crippen molar-refractivity contribution >= 4 is 18.3 Å². The van der Waals surface area contributed by atoms with Crippen molar-refractivity contribution in [2.75, 3.05) is 26.7 Å². The lowest BCUT2D eigenvalue weighted by atomic mass is 9.95. The van der Waals surface area contributed by atoms with E-state index < -0.39 is 0 Å². The Morgan fingerprint density at radius 3 is 2.30 bits per heavy atom. The second kappa shape index (κ2) is 10.5. The zero-order chi connectivity index (χ0) is 16.6. The fraction of sp³-hybridized carbons (Fsp3) is 0.611. The van der Waals surface area contributed by atoms with Gasteiger partial charge in [0.2, 0.25) is 5.91 Å². The molecule has 0 radical (unpaired) electrons.